The molecule has 3 aromatic rings. The van der Waals surface area contributed by atoms with E-state index in [-0.39, 0.29) is 18.0 Å². The molecular formula is C25H19Cl3N2O3. The minimum Gasteiger partial charge on any atom is -0.372 e. The van der Waals surface area contributed by atoms with E-state index >= 15 is 0 Å². The Morgan fingerprint density at radius 1 is 0.848 bits per heavy atom. The van der Waals surface area contributed by atoms with Gasteiger partial charge in [-0.25, -0.2) is 9.69 Å². The van der Waals surface area contributed by atoms with E-state index < -0.39 is 6.04 Å². The van der Waals surface area contributed by atoms with Gasteiger partial charge in [-0.05, 0) is 53.1 Å². The fourth-order valence-corrected chi connectivity index (χ4v) is 4.98. The molecule has 2 fully saturated rings. The normalized spacial score (nSPS) is 20.0. The smallest absolute Gasteiger partial charge is 0.332 e. The topological polar surface area (TPSA) is 49.9 Å². The first-order valence-electron chi connectivity index (χ1n) is 10.5. The molecule has 2 atom stereocenters. The lowest BCUT2D eigenvalue weighted by Gasteiger charge is -2.19. The Bertz CT molecular complexity index is 1190. The first-order chi connectivity index (χ1) is 15.9. The Hall–Kier alpha value is -2.57. The Balaban J connectivity index is 1.24. The predicted octanol–water partition coefficient (Wildman–Crippen LogP) is 6.44. The van der Waals surface area contributed by atoms with E-state index in [1.807, 2.05) is 42.5 Å². The molecule has 0 unspecified atom stereocenters. The van der Waals surface area contributed by atoms with Crippen molar-refractivity contribution in [2.24, 2.45) is 0 Å². The van der Waals surface area contributed by atoms with Crippen LogP contribution in [-0.4, -0.2) is 35.5 Å². The lowest BCUT2D eigenvalue weighted by molar-refractivity contribution is -0.119. The second-order valence-corrected chi connectivity index (χ2v) is 9.44. The number of fused-ring (bicyclic) bond motifs is 1. The van der Waals surface area contributed by atoms with Gasteiger partial charge in [-0.3, -0.25) is 4.79 Å². The van der Waals surface area contributed by atoms with Crippen molar-refractivity contribution in [1.82, 2.24) is 4.90 Å². The van der Waals surface area contributed by atoms with Crippen LogP contribution in [0, 0.1) is 0 Å². The summed E-state index contributed by atoms with van der Waals surface area (Å²) in [5.74, 6) is -0.283. The molecule has 8 heteroatoms. The van der Waals surface area contributed by atoms with Crippen LogP contribution in [-0.2, 0) is 16.1 Å². The molecule has 3 aromatic carbocycles. The maximum Gasteiger partial charge on any atom is 0.332 e. The SMILES string of the molecule is O=C1[C@H]2C[C@@H](OCc3cccc(-c4ccc(Cl)cc4)c3)CN2C(=O)N1c1cc(Cl)cc(Cl)c1. The number of ether oxygens (including phenoxy) is 1. The maximum atomic E-state index is 13.0. The molecule has 0 bridgehead atoms. The molecule has 0 saturated carbocycles. The lowest BCUT2D eigenvalue weighted by Crippen LogP contribution is -2.35. The average Bonchev–Trinajstić information content (AvgIpc) is 3.31. The predicted molar refractivity (Wildman–Crippen MR) is 130 cm³/mol. The minimum atomic E-state index is -0.541. The number of rotatable bonds is 5. The van der Waals surface area contributed by atoms with Crippen LogP contribution in [0.25, 0.3) is 11.1 Å². The van der Waals surface area contributed by atoms with Crippen molar-refractivity contribution in [3.63, 3.8) is 0 Å². The number of nitrogens with zero attached hydrogens (tertiary/aromatic N) is 2. The molecule has 2 aliphatic rings. The van der Waals surface area contributed by atoms with Gasteiger partial charge in [0.2, 0.25) is 0 Å². The van der Waals surface area contributed by atoms with E-state index in [1.165, 1.54) is 0 Å². The molecule has 5 rings (SSSR count). The minimum absolute atomic E-state index is 0.216. The molecule has 2 saturated heterocycles. The van der Waals surface area contributed by atoms with Gasteiger partial charge in [-0.15, -0.1) is 0 Å². The van der Waals surface area contributed by atoms with Crippen LogP contribution in [0.5, 0.6) is 0 Å². The number of carbonyl (C=O) groups excluding carboxylic acids is 2. The first kappa shape index (κ1) is 22.2. The molecule has 0 spiro atoms. The number of halogens is 3. The van der Waals surface area contributed by atoms with Gasteiger partial charge in [-0.2, -0.15) is 0 Å². The zero-order chi connectivity index (χ0) is 23.1. The summed E-state index contributed by atoms with van der Waals surface area (Å²) < 4.78 is 6.08. The third kappa shape index (κ3) is 4.46. The summed E-state index contributed by atoms with van der Waals surface area (Å²) in [4.78, 5) is 28.6. The Morgan fingerprint density at radius 3 is 2.27 bits per heavy atom. The summed E-state index contributed by atoms with van der Waals surface area (Å²) in [6.45, 7) is 0.750. The third-order valence-corrected chi connectivity index (χ3v) is 6.59. The first-order valence-corrected chi connectivity index (χ1v) is 11.6. The molecule has 3 amide bonds. The standard InChI is InChI=1S/C25H19Cl3N2O3/c26-18-6-4-16(5-7-18)17-3-1-2-15(8-17)14-33-22-12-23-24(31)30(25(32)29(23)13-22)21-10-19(27)9-20(28)11-21/h1-11,22-23H,12-14H2/t22-,23-/m1/s1. The van der Waals surface area contributed by atoms with Crippen molar-refractivity contribution in [2.75, 3.05) is 11.4 Å². The van der Waals surface area contributed by atoms with Crippen molar-refractivity contribution >= 4 is 52.4 Å². The van der Waals surface area contributed by atoms with E-state index in [9.17, 15) is 9.59 Å². The molecule has 0 radical (unpaired) electrons. The molecule has 2 heterocycles. The number of amides is 3. The Labute approximate surface area is 206 Å². The van der Waals surface area contributed by atoms with Crippen molar-refractivity contribution < 1.29 is 14.3 Å². The Kier molecular flexibility index (Phi) is 6.06. The maximum absolute atomic E-state index is 13.0. The number of anilines is 1. The second kappa shape index (κ2) is 8.99. The van der Waals surface area contributed by atoms with Crippen LogP contribution in [0.2, 0.25) is 15.1 Å². The molecule has 168 valence electrons. The van der Waals surface area contributed by atoms with Crippen molar-refractivity contribution in [2.45, 2.75) is 25.2 Å². The number of hydrogen-bond donors (Lipinski definition) is 0. The monoisotopic (exact) mass is 500 g/mol. The van der Waals surface area contributed by atoms with Crippen LogP contribution >= 0.6 is 34.8 Å². The van der Waals surface area contributed by atoms with Crippen LogP contribution < -0.4 is 4.90 Å². The van der Waals surface area contributed by atoms with Gasteiger partial charge in [-0.1, -0.05) is 65.1 Å². The van der Waals surface area contributed by atoms with Gasteiger partial charge < -0.3 is 9.64 Å². The van der Waals surface area contributed by atoms with Gasteiger partial charge in [0.15, 0.2) is 0 Å². The van der Waals surface area contributed by atoms with Crippen molar-refractivity contribution in [3.8, 4) is 11.1 Å². The molecular weight excluding hydrogens is 483 g/mol. The fourth-order valence-electron chi connectivity index (χ4n) is 4.34. The van der Waals surface area contributed by atoms with Gasteiger partial charge in [0.25, 0.3) is 5.91 Å². The highest BCUT2D eigenvalue weighted by atomic mass is 35.5. The molecule has 2 aliphatic heterocycles. The number of imide groups is 1. The summed E-state index contributed by atoms with van der Waals surface area (Å²) in [6.07, 6.45) is 0.235. The molecule has 33 heavy (non-hydrogen) atoms. The quantitative estimate of drug-likeness (QED) is 0.378. The van der Waals surface area contributed by atoms with Crippen LogP contribution in [0.1, 0.15) is 12.0 Å². The average molecular weight is 502 g/mol. The third-order valence-electron chi connectivity index (χ3n) is 5.90. The van der Waals surface area contributed by atoms with Gasteiger partial charge in [0.1, 0.15) is 6.04 Å². The van der Waals surface area contributed by atoms with Crippen LogP contribution in [0.15, 0.2) is 66.7 Å². The number of urea groups is 1. The van der Waals surface area contributed by atoms with E-state index in [2.05, 4.69) is 6.07 Å². The zero-order valence-electron chi connectivity index (χ0n) is 17.4. The van der Waals surface area contributed by atoms with Crippen LogP contribution in [0.4, 0.5) is 10.5 Å². The van der Waals surface area contributed by atoms with E-state index in [0.29, 0.717) is 40.3 Å². The zero-order valence-corrected chi connectivity index (χ0v) is 19.6. The molecule has 0 aromatic heterocycles. The van der Waals surface area contributed by atoms with Crippen molar-refractivity contribution in [1.29, 1.82) is 0 Å². The highest BCUT2D eigenvalue weighted by Crippen LogP contribution is 2.35. The highest BCUT2D eigenvalue weighted by molar-refractivity contribution is 6.35. The molecule has 0 N–H and O–H groups in total. The highest BCUT2D eigenvalue weighted by Gasteiger charge is 2.51. The van der Waals surface area contributed by atoms with Gasteiger partial charge in [0.05, 0.1) is 18.4 Å². The summed E-state index contributed by atoms with van der Waals surface area (Å²) in [7, 11) is 0. The van der Waals surface area contributed by atoms with E-state index in [1.54, 1.807) is 23.1 Å². The van der Waals surface area contributed by atoms with Gasteiger partial charge >= 0.3 is 6.03 Å². The second-order valence-electron chi connectivity index (χ2n) is 8.13. The van der Waals surface area contributed by atoms with E-state index in [0.717, 1.165) is 21.6 Å². The number of carbonyl (C=O) groups is 2. The summed E-state index contributed by atoms with van der Waals surface area (Å²) >= 11 is 18.1. The Morgan fingerprint density at radius 2 is 1.58 bits per heavy atom. The van der Waals surface area contributed by atoms with Crippen molar-refractivity contribution in [3.05, 3.63) is 87.4 Å². The number of hydrogen-bond acceptors (Lipinski definition) is 3. The van der Waals surface area contributed by atoms with Gasteiger partial charge in [0, 0.05) is 28.0 Å². The van der Waals surface area contributed by atoms with E-state index in [4.69, 9.17) is 39.5 Å². The number of benzene rings is 3. The lowest BCUT2D eigenvalue weighted by atomic mass is 10.0. The fraction of sp³-hybridized carbons (Fsp3) is 0.200. The summed E-state index contributed by atoms with van der Waals surface area (Å²) in [5, 5.41) is 1.43. The summed E-state index contributed by atoms with van der Waals surface area (Å²) in [6, 6.07) is 19.5. The largest absolute Gasteiger partial charge is 0.372 e. The van der Waals surface area contributed by atoms with Crippen LogP contribution in [0.3, 0.4) is 0 Å². The summed E-state index contributed by atoms with van der Waals surface area (Å²) in [5.41, 5.74) is 3.54. The molecule has 0 aliphatic carbocycles. The molecule has 5 nitrogen and oxygen atoms in total.